The zero-order valence-corrected chi connectivity index (χ0v) is 18.1. The molecule has 8 nitrogen and oxygen atoms in total. The molecule has 30 heavy (non-hydrogen) atoms. The number of carbonyl (C=O) groups is 1. The van der Waals surface area contributed by atoms with E-state index >= 15 is 0 Å². The van der Waals surface area contributed by atoms with Crippen LogP contribution in [0.1, 0.15) is 41.8 Å². The molecule has 0 radical (unpaired) electrons. The molecule has 3 aromatic heterocycles. The van der Waals surface area contributed by atoms with Crippen LogP contribution in [0.15, 0.2) is 30.7 Å². The first-order valence-electron chi connectivity index (χ1n) is 10.3. The average Bonchev–Trinajstić information content (AvgIpc) is 3.41. The minimum absolute atomic E-state index is 0.207. The number of rotatable bonds is 6. The highest BCUT2D eigenvalue weighted by atomic mass is 32.1. The van der Waals surface area contributed by atoms with Gasteiger partial charge in [-0.15, -0.1) is 11.3 Å². The summed E-state index contributed by atoms with van der Waals surface area (Å²) in [5.74, 6) is 1.35. The number of aromatic nitrogens is 4. The van der Waals surface area contributed by atoms with E-state index in [2.05, 4.69) is 49.5 Å². The summed E-state index contributed by atoms with van der Waals surface area (Å²) in [6.45, 7) is 7.54. The van der Waals surface area contributed by atoms with Crippen LogP contribution in [-0.4, -0.2) is 50.5 Å². The molecule has 0 aliphatic carbocycles. The Hall–Kier alpha value is -2.78. The third-order valence-corrected chi connectivity index (χ3v) is 6.28. The molecule has 0 unspecified atom stereocenters. The monoisotopic (exact) mass is 425 g/mol. The number of H-pyrrole nitrogens is 1. The van der Waals surface area contributed by atoms with E-state index in [4.69, 9.17) is 4.98 Å². The predicted octanol–water partition coefficient (Wildman–Crippen LogP) is 3.76. The number of anilines is 1. The fourth-order valence-corrected chi connectivity index (χ4v) is 4.75. The van der Waals surface area contributed by atoms with E-state index in [1.54, 1.807) is 6.20 Å². The number of thiazole rings is 1. The summed E-state index contributed by atoms with van der Waals surface area (Å²) in [4.78, 5) is 31.7. The third-order valence-electron chi connectivity index (χ3n) is 5.39. The SMILES string of the molecule is CCNC(=O)Nc1ncc(CN2CCC(c3ccc(-c4ncc[nH]4)nc3C)CC2)s1. The molecule has 4 rings (SSSR count). The topological polar surface area (TPSA) is 98.8 Å². The smallest absolute Gasteiger partial charge is 0.321 e. The molecule has 4 heterocycles. The van der Waals surface area contributed by atoms with Crippen molar-refractivity contribution < 1.29 is 4.79 Å². The number of urea groups is 1. The number of likely N-dealkylation sites (tertiary alicyclic amines) is 1. The molecule has 1 fully saturated rings. The lowest BCUT2D eigenvalue weighted by Gasteiger charge is -2.32. The van der Waals surface area contributed by atoms with Gasteiger partial charge in [-0.1, -0.05) is 6.07 Å². The minimum atomic E-state index is -0.207. The van der Waals surface area contributed by atoms with E-state index < -0.39 is 0 Å². The second-order valence-electron chi connectivity index (χ2n) is 7.48. The van der Waals surface area contributed by atoms with Gasteiger partial charge in [0.1, 0.15) is 5.69 Å². The predicted molar refractivity (Wildman–Crippen MR) is 119 cm³/mol. The van der Waals surface area contributed by atoms with Crippen LogP contribution >= 0.6 is 11.3 Å². The largest absolute Gasteiger partial charge is 0.343 e. The second kappa shape index (κ2) is 9.36. The molecule has 1 aliphatic heterocycles. The molecule has 0 bridgehead atoms. The number of piperidine rings is 1. The summed E-state index contributed by atoms with van der Waals surface area (Å²) in [7, 11) is 0. The molecule has 158 valence electrons. The van der Waals surface area contributed by atoms with Gasteiger partial charge in [0.2, 0.25) is 0 Å². The molecule has 1 aliphatic rings. The summed E-state index contributed by atoms with van der Waals surface area (Å²) in [6, 6.07) is 4.07. The molecule has 3 N–H and O–H groups in total. The van der Waals surface area contributed by atoms with Crippen LogP contribution < -0.4 is 10.6 Å². The Morgan fingerprint density at radius 3 is 2.83 bits per heavy atom. The highest BCUT2D eigenvalue weighted by Crippen LogP contribution is 2.31. The number of aromatic amines is 1. The molecule has 2 amide bonds. The summed E-state index contributed by atoms with van der Waals surface area (Å²) in [5, 5.41) is 6.13. The van der Waals surface area contributed by atoms with Crippen LogP contribution in [-0.2, 0) is 6.54 Å². The van der Waals surface area contributed by atoms with Gasteiger partial charge in [0.05, 0.1) is 0 Å². The molecular formula is C21H27N7OS. The van der Waals surface area contributed by atoms with Crippen LogP contribution in [0.25, 0.3) is 11.5 Å². The Kier molecular flexibility index (Phi) is 6.39. The van der Waals surface area contributed by atoms with Crippen LogP contribution in [0.4, 0.5) is 9.93 Å². The van der Waals surface area contributed by atoms with Gasteiger partial charge in [-0.25, -0.2) is 19.7 Å². The van der Waals surface area contributed by atoms with Crippen LogP contribution in [0, 0.1) is 6.92 Å². The molecular weight excluding hydrogens is 398 g/mol. The van der Waals surface area contributed by atoms with Gasteiger partial charge >= 0.3 is 6.03 Å². The minimum Gasteiger partial charge on any atom is -0.343 e. The molecule has 0 spiro atoms. The number of carbonyl (C=O) groups excluding carboxylic acids is 1. The van der Waals surface area contributed by atoms with E-state index in [1.165, 1.54) is 21.8 Å². The third kappa shape index (κ3) is 4.85. The standard InChI is InChI=1S/C21H27N7OS/c1-3-22-20(29)27-21-25-12-16(30-21)13-28-10-6-15(7-11-28)17-4-5-18(26-14(17)2)19-23-8-9-24-19/h4-5,8-9,12,15H,3,6-7,10-11,13H2,1-2H3,(H,23,24)(H2,22,25,27,29). The summed E-state index contributed by atoms with van der Waals surface area (Å²) >= 11 is 1.54. The van der Waals surface area contributed by atoms with E-state index in [9.17, 15) is 4.79 Å². The van der Waals surface area contributed by atoms with Crippen molar-refractivity contribution in [1.29, 1.82) is 0 Å². The van der Waals surface area contributed by atoms with Crippen LogP contribution in [0.3, 0.4) is 0 Å². The summed E-state index contributed by atoms with van der Waals surface area (Å²) in [5.41, 5.74) is 3.32. The highest BCUT2D eigenvalue weighted by molar-refractivity contribution is 7.15. The van der Waals surface area contributed by atoms with E-state index in [0.717, 1.165) is 49.7 Å². The van der Waals surface area contributed by atoms with Crippen molar-refractivity contribution in [3.8, 4) is 11.5 Å². The Morgan fingerprint density at radius 1 is 1.30 bits per heavy atom. The van der Waals surface area contributed by atoms with Gasteiger partial charge in [0.15, 0.2) is 11.0 Å². The zero-order valence-electron chi connectivity index (χ0n) is 17.3. The number of hydrogen-bond donors (Lipinski definition) is 3. The van der Waals surface area contributed by atoms with Gasteiger partial charge in [-0.05, 0) is 57.3 Å². The van der Waals surface area contributed by atoms with Crippen molar-refractivity contribution >= 4 is 22.5 Å². The second-order valence-corrected chi connectivity index (χ2v) is 8.59. The molecule has 1 saturated heterocycles. The number of amides is 2. The van der Waals surface area contributed by atoms with Crippen LogP contribution in [0.5, 0.6) is 0 Å². The van der Waals surface area contributed by atoms with Crippen molar-refractivity contribution in [2.45, 2.75) is 39.2 Å². The molecule has 0 aromatic carbocycles. The van der Waals surface area contributed by atoms with Crippen molar-refractivity contribution in [1.82, 2.24) is 30.2 Å². The number of pyridine rings is 1. The first kappa shape index (κ1) is 20.5. The first-order valence-corrected chi connectivity index (χ1v) is 11.1. The maximum atomic E-state index is 11.6. The Morgan fingerprint density at radius 2 is 2.13 bits per heavy atom. The van der Waals surface area contributed by atoms with Gasteiger partial charge in [0, 0.05) is 42.3 Å². The van der Waals surface area contributed by atoms with E-state index in [1.807, 2.05) is 19.3 Å². The van der Waals surface area contributed by atoms with Gasteiger partial charge < -0.3 is 10.3 Å². The molecule has 9 heteroatoms. The normalized spacial score (nSPS) is 15.3. The lowest BCUT2D eigenvalue weighted by atomic mass is 9.88. The van der Waals surface area contributed by atoms with Gasteiger partial charge in [-0.3, -0.25) is 10.2 Å². The average molecular weight is 426 g/mol. The maximum absolute atomic E-state index is 11.6. The Bertz CT molecular complexity index is 977. The lowest BCUT2D eigenvalue weighted by Crippen LogP contribution is -2.32. The Balaban J connectivity index is 1.31. The highest BCUT2D eigenvalue weighted by Gasteiger charge is 2.23. The van der Waals surface area contributed by atoms with Crippen molar-refractivity contribution in [3.05, 3.63) is 46.9 Å². The van der Waals surface area contributed by atoms with Crippen molar-refractivity contribution in [3.63, 3.8) is 0 Å². The van der Waals surface area contributed by atoms with Crippen LogP contribution in [0.2, 0.25) is 0 Å². The fraction of sp³-hybridized carbons (Fsp3) is 0.429. The maximum Gasteiger partial charge on any atom is 0.321 e. The summed E-state index contributed by atoms with van der Waals surface area (Å²) < 4.78 is 0. The van der Waals surface area contributed by atoms with Crippen molar-refractivity contribution in [2.75, 3.05) is 25.0 Å². The zero-order chi connectivity index (χ0) is 20.9. The first-order chi connectivity index (χ1) is 14.6. The van der Waals surface area contributed by atoms with E-state index in [-0.39, 0.29) is 6.03 Å². The van der Waals surface area contributed by atoms with Gasteiger partial charge in [0.25, 0.3) is 0 Å². The molecule has 0 saturated carbocycles. The lowest BCUT2D eigenvalue weighted by molar-refractivity contribution is 0.206. The number of aryl methyl sites for hydroxylation is 1. The van der Waals surface area contributed by atoms with Gasteiger partial charge in [-0.2, -0.15) is 0 Å². The van der Waals surface area contributed by atoms with Crippen molar-refractivity contribution in [2.24, 2.45) is 0 Å². The quantitative estimate of drug-likeness (QED) is 0.559. The molecule has 0 atom stereocenters. The fourth-order valence-electron chi connectivity index (χ4n) is 3.90. The number of hydrogen-bond acceptors (Lipinski definition) is 6. The number of nitrogens with one attached hydrogen (secondary N) is 3. The number of nitrogens with zero attached hydrogens (tertiary/aromatic N) is 4. The molecule has 3 aromatic rings. The summed E-state index contributed by atoms with van der Waals surface area (Å²) in [6.07, 6.45) is 7.66. The Labute approximate surface area is 180 Å². The van der Waals surface area contributed by atoms with E-state index in [0.29, 0.717) is 17.6 Å². The number of imidazole rings is 1.